The van der Waals surface area contributed by atoms with Crippen molar-refractivity contribution in [3.05, 3.63) is 35.4 Å². The van der Waals surface area contributed by atoms with E-state index in [9.17, 15) is 0 Å². The van der Waals surface area contributed by atoms with E-state index in [1.807, 2.05) is 0 Å². The Balaban J connectivity index is 2.34. The largest absolute Gasteiger partial charge is 0.0716 e. The van der Waals surface area contributed by atoms with Crippen molar-refractivity contribution in [2.45, 2.75) is 25.1 Å². The average molecular weight is 142 g/mol. The van der Waals surface area contributed by atoms with Gasteiger partial charge in [0.25, 0.3) is 0 Å². The van der Waals surface area contributed by atoms with Gasteiger partial charge in [0.05, 0.1) is 7.85 Å². The van der Waals surface area contributed by atoms with Crippen LogP contribution in [0.25, 0.3) is 0 Å². The highest BCUT2D eigenvalue weighted by atomic mass is 14.3. The maximum Gasteiger partial charge on any atom is 0.0716 e. The lowest BCUT2D eigenvalue weighted by Crippen LogP contribution is -1.90. The van der Waals surface area contributed by atoms with Gasteiger partial charge in [0.15, 0.2) is 0 Å². The van der Waals surface area contributed by atoms with E-state index in [4.69, 9.17) is 7.85 Å². The maximum atomic E-state index is 5.62. The van der Waals surface area contributed by atoms with Gasteiger partial charge in [-0.2, -0.15) is 0 Å². The van der Waals surface area contributed by atoms with Crippen molar-refractivity contribution < 1.29 is 0 Å². The summed E-state index contributed by atoms with van der Waals surface area (Å²) in [4.78, 5) is 0. The molecule has 2 radical (unpaired) electrons. The van der Waals surface area contributed by atoms with Gasteiger partial charge in [-0.25, -0.2) is 0 Å². The van der Waals surface area contributed by atoms with Crippen LogP contribution in [-0.2, 0) is 6.32 Å². The van der Waals surface area contributed by atoms with Gasteiger partial charge < -0.3 is 0 Å². The second kappa shape index (κ2) is 2.73. The monoisotopic (exact) mass is 142 g/mol. The summed E-state index contributed by atoms with van der Waals surface area (Å²) in [6.45, 7) is 0. The molecule has 0 amide bonds. The molecule has 0 spiro atoms. The minimum absolute atomic E-state index is 0.687. The van der Waals surface area contributed by atoms with E-state index in [1.54, 1.807) is 0 Å². The number of hydrogen-bond donors (Lipinski definition) is 0. The molecular weight excluding hydrogens is 131 g/mol. The lowest BCUT2D eigenvalue weighted by atomic mass is 9.91. The molecule has 0 nitrogen and oxygen atoms in total. The van der Waals surface area contributed by atoms with Gasteiger partial charge in [-0.15, -0.1) is 0 Å². The van der Waals surface area contributed by atoms with Crippen LogP contribution in [0.15, 0.2) is 24.3 Å². The van der Waals surface area contributed by atoms with Gasteiger partial charge in [0, 0.05) is 0 Å². The van der Waals surface area contributed by atoms with E-state index in [0.29, 0.717) is 6.32 Å². The topological polar surface area (TPSA) is 0 Å². The molecule has 0 aliphatic heterocycles. The number of benzene rings is 1. The van der Waals surface area contributed by atoms with Crippen molar-refractivity contribution in [1.29, 1.82) is 0 Å². The standard InChI is InChI=1S/C10H11B/c11-7-9-3-1-2-4-10(9)8-5-6-8/h1-4,8H,5-7H2. The van der Waals surface area contributed by atoms with E-state index >= 15 is 0 Å². The third kappa shape index (κ3) is 1.32. The van der Waals surface area contributed by atoms with Crippen molar-refractivity contribution in [2.24, 2.45) is 0 Å². The second-order valence-electron chi connectivity index (χ2n) is 3.18. The van der Waals surface area contributed by atoms with Gasteiger partial charge in [-0.3, -0.25) is 0 Å². The fraction of sp³-hybridized carbons (Fsp3) is 0.400. The van der Waals surface area contributed by atoms with Crippen LogP contribution in [0.1, 0.15) is 29.9 Å². The molecule has 0 N–H and O–H groups in total. The molecule has 2 rings (SSSR count). The average Bonchev–Trinajstić information content (AvgIpc) is 2.87. The molecule has 1 aliphatic rings. The van der Waals surface area contributed by atoms with Crippen LogP contribution < -0.4 is 0 Å². The van der Waals surface area contributed by atoms with Crippen molar-refractivity contribution in [3.8, 4) is 0 Å². The van der Waals surface area contributed by atoms with Crippen molar-refractivity contribution in [2.75, 3.05) is 0 Å². The Labute approximate surface area is 69.0 Å². The zero-order valence-electron chi connectivity index (χ0n) is 6.59. The van der Waals surface area contributed by atoms with Gasteiger partial charge >= 0.3 is 0 Å². The second-order valence-corrected chi connectivity index (χ2v) is 3.18. The molecular formula is C10H11B. The molecule has 54 valence electrons. The SMILES string of the molecule is [B]Cc1ccccc1C1CC1. The van der Waals surface area contributed by atoms with Gasteiger partial charge in [-0.05, 0) is 24.3 Å². The lowest BCUT2D eigenvalue weighted by Gasteiger charge is -2.04. The Bertz CT molecular complexity index is 251. The van der Waals surface area contributed by atoms with Crippen LogP contribution in [0.5, 0.6) is 0 Å². The first-order valence-corrected chi connectivity index (χ1v) is 4.19. The Morgan fingerprint density at radius 1 is 1.27 bits per heavy atom. The van der Waals surface area contributed by atoms with Crippen molar-refractivity contribution in [1.82, 2.24) is 0 Å². The quantitative estimate of drug-likeness (QED) is 0.555. The normalized spacial score (nSPS) is 16.7. The van der Waals surface area contributed by atoms with Gasteiger partial charge in [0.1, 0.15) is 0 Å². The Hall–Kier alpha value is -0.715. The molecule has 11 heavy (non-hydrogen) atoms. The molecule has 0 atom stereocenters. The minimum Gasteiger partial charge on any atom is -0.0640 e. The minimum atomic E-state index is 0.687. The summed E-state index contributed by atoms with van der Waals surface area (Å²) in [6, 6.07) is 8.51. The first-order valence-electron chi connectivity index (χ1n) is 4.19. The molecule has 0 unspecified atom stereocenters. The summed E-state index contributed by atoms with van der Waals surface area (Å²) < 4.78 is 0. The molecule has 0 saturated heterocycles. The smallest absolute Gasteiger partial charge is 0.0640 e. The third-order valence-electron chi connectivity index (χ3n) is 2.29. The van der Waals surface area contributed by atoms with Crippen LogP contribution >= 0.6 is 0 Å². The molecule has 1 aromatic carbocycles. The number of rotatable bonds is 2. The zero-order valence-corrected chi connectivity index (χ0v) is 6.59. The summed E-state index contributed by atoms with van der Waals surface area (Å²) >= 11 is 0. The first-order chi connectivity index (χ1) is 5.42. The molecule has 1 aromatic rings. The highest BCUT2D eigenvalue weighted by Crippen LogP contribution is 2.41. The molecule has 0 heterocycles. The van der Waals surface area contributed by atoms with E-state index < -0.39 is 0 Å². The summed E-state index contributed by atoms with van der Waals surface area (Å²) in [7, 11) is 5.62. The van der Waals surface area contributed by atoms with Crippen LogP contribution in [0.4, 0.5) is 0 Å². The molecule has 0 aromatic heterocycles. The van der Waals surface area contributed by atoms with E-state index in [-0.39, 0.29) is 0 Å². The summed E-state index contributed by atoms with van der Waals surface area (Å²) in [5, 5.41) is 0. The van der Waals surface area contributed by atoms with E-state index in [2.05, 4.69) is 24.3 Å². The van der Waals surface area contributed by atoms with E-state index in [0.717, 1.165) is 5.92 Å². The zero-order chi connectivity index (χ0) is 7.68. The highest BCUT2D eigenvalue weighted by molar-refractivity contribution is 6.08. The van der Waals surface area contributed by atoms with Gasteiger partial charge in [0.2, 0.25) is 0 Å². The van der Waals surface area contributed by atoms with Crippen LogP contribution in [0, 0.1) is 0 Å². The maximum absolute atomic E-state index is 5.62. The van der Waals surface area contributed by atoms with Crippen molar-refractivity contribution >= 4 is 7.85 Å². The van der Waals surface area contributed by atoms with Crippen LogP contribution in [-0.4, -0.2) is 7.85 Å². The summed E-state index contributed by atoms with van der Waals surface area (Å²) in [5.41, 5.74) is 2.81. The Kier molecular flexibility index (Phi) is 1.73. The Morgan fingerprint density at radius 3 is 2.64 bits per heavy atom. The first kappa shape index (κ1) is 6.96. The van der Waals surface area contributed by atoms with Crippen molar-refractivity contribution in [3.63, 3.8) is 0 Å². The molecule has 1 heteroatoms. The fourth-order valence-corrected chi connectivity index (χ4v) is 1.51. The molecule has 1 aliphatic carbocycles. The van der Waals surface area contributed by atoms with Crippen LogP contribution in [0.3, 0.4) is 0 Å². The highest BCUT2D eigenvalue weighted by Gasteiger charge is 2.24. The molecule has 1 saturated carbocycles. The fourth-order valence-electron chi connectivity index (χ4n) is 1.51. The predicted octanol–water partition coefficient (Wildman–Crippen LogP) is 2.23. The molecule has 0 bridgehead atoms. The summed E-state index contributed by atoms with van der Waals surface area (Å²) in [5.74, 6) is 0.828. The van der Waals surface area contributed by atoms with E-state index in [1.165, 1.54) is 24.0 Å². The van der Waals surface area contributed by atoms with Gasteiger partial charge in [-0.1, -0.05) is 36.1 Å². The Morgan fingerprint density at radius 2 is 2.00 bits per heavy atom. The molecule has 1 fully saturated rings. The third-order valence-corrected chi connectivity index (χ3v) is 2.29. The lowest BCUT2D eigenvalue weighted by molar-refractivity contribution is 1.09. The predicted molar refractivity (Wildman–Crippen MR) is 47.9 cm³/mol. The summed E-state index contributed by atoms with van der Waals surface area (Å²) in [6.07, 6.45) is 3.40. The van der Waals surface area contributed by atoms with Crippen LogP contribution in [0.2, 0.25) is 0 Å². The number of hydrogen-bond acceptors (Lipinski definition) is 0.